The van der Waals surface area contributed by atoms with E-state index in [4.69, 9.17) is 21.6 Å². The van der Waals surface area contributed by atoms with Gasteiger partial charge in [-0.3, -0.25) is 4.79 Å². The fourth-order valence-electron chi connectivity index (χ4n) is 4.17. The van der Waals surface area contributed by atoms with Crippen molar-refractivity contribution >= 4 is 23.3 Å². The molecule has 1 saturated heterocycles. The molecule has 0 saturated carbocycles. The van der Waals surface area contributed by atoms with Gasteiger partial charge in [0, 0.05) is 47.9 Å². The summed E-state index contributed by atoms with van der Waals surface area (Å²) < 4.78 is 0. The van der Waals surface area contributed by atoms with Crippen LogP contribution in [0.15, 0.2) is 24.3 Å². The van der Waals surface area contributed by atoms with Gasteiger partial charge in [0.25, 0.3) is 0 Å². The number of rotatable bonds is 3. The summed E-state index contributed by atoms with van der Waals surface area (Å²) in [4.78, 5) is 23.7. The number of benzene rings is 1. The molecule has 2 aromatic rings. The number of hydrogen-bond acceptors (Lipinski definition) is 4. The number of aryl methyl sites for hydroxylation is 1. The molecule has 1 aromatic carbocycles. The highest BCUT2D eigenvalue weighted by molar-refractivity contribution is 6.30. The molecule has 1 atom stereocenters. The lowest BCUT2D eigenvalue weighted by Gasteiger charge is -2.36. The molecule has 4 rings (SSSR count). The number of carbonyl (C=O) groups is 1. The van der Waals surface area contributed by atoms with E-state index in [-0.39, 0.29) is 11.9 Å². The van der Waals surface area contributed by atoms with Gasteiger partial charge in [-0.05, 0) is 50.7 Å². The van der Waals surface area contributed by atoms with Crippen LogP contribution in [0.5, 0.6) is 0 Å². The Kier molecular flexibility index (Phi) is 5.30. The number of amides is 1. The Labute approximate surface area is 165 Å². The topological polar surface area (TPSA) is 58.1 Å². The monoisotopic (exact) mass is 384 g/mol. The molecule has 1 fully saturated rings. The number of nitrogens with zero attached hydrogens (tertiary/aromatic N) is 3. The number of halogens is 1. The van der Waals surface area contributed by atoms with Crippen molar-refractivity contribution in [3.63, 3.8) is 0 Å². The number of aromatic nitrogens is 2. The average molecular weight is 385 g/mol. The molecule has 27 heavy (non-hydrogen) atoms. The predicted octanol–water partition coefficient (Wildman–Crippen LogP) is 3.78. The molecule has 1 aliphatic heterocycles. The summed E-state index contributed by atoms with van der Waals surface area (Å²) in [6.07, 6.45) is 6.46. The van der Waals surface area contributed by atoms with Crippen molar-refractivity contribution in [2.24, 2.45) is 0 Å². The minimum Gasteiger partial charge on any atom is -0.354 e. The summed E-state index contributed by atoms with van der Waals surface area (Å²) in [5.41, 5.74) is 3.41. The molecule has 5 nitrogen and oxygen atoms in total. The van der Waals surface area contributed by atoms with Crippen molar-refractivity contribution < 1.29 is 4.79 Å². The van der Waals surface area contributed by atoms with Crippen LogP contribution < -0.4 is 10.2 Å². The van der Waals surface area contributed by atoms with E-state index in [1.807, 2.05) is 24.3 Å². The van der Waals surface area contributed by atoms with Gasteiger partial charge in [0.1, 0.15) is 5.82 Å². The van der Waals surface area contributed by atoms with Gasteiger partial charge in [0.2, 0.25) is 5.91 Å². The lowest BCUT2D eigenvalue weighted by atomic mass is 9.95. The number of nitrogens with one attached hydrogen (secondary N) is 1. The number of carbonyl (C=O) groups excluding carboxylic acids is 1. The minimum atomic E-state index is 0.0335. The van der Waals surface area contributed by atoms with Gasteiger partial charge < -0.3 is 10.2 Å². The van der Waals surface area contributed by atoms with Gasteiger partial charge >= 0.3 is 0 Å². The number of hydrogen-bond donors (Lipinski definition) is 1. The van der Waals surface area contributed by atoms with Crippen molar-refractivity contribution in [2.45, 2.75) is 51.5 Å². The summed E-state index contributed by atoms with van der Waals surface area (Å²) in [6, 6.07) is 7.92. The summed E-state index contributed by atoms with van der Waals surface area (Å²) in [7, 11) is 0. The zero-order valence-corrected chi connectivity index (χ0v) is 16.4. The number of anilines is 1. The van der Waals surface area contributed by atoms with Crippen LogP contribution in [0.1, 0.15) is 43.9 Å². The van der Waals surface area contributed by atoms with Gasteiger partial charge in [-0.15, -0.1) is 0 Å². The maximum Gasteiger partial charge on any atom is 0.217 e. The first-order valence-electron chi connectivity index (χ1n) is 9.78. The van der Waals surface area contributed by atoms with Crippen LogP contribution >= 0.6 is 11.6 Å². The Morgan fingerprint density at radius 1 is 1.22 bits per heavy atom. The Morgan fingerprint density at radius 2 is 2.07 bits per heavy atom. The van der Waals surface area contributed by atoms with Crippen LogP contribution in [0.25, 0.3) is 11.4 Å². The fraction of sp³-hybridized carbons (Fsp3) is 0.476. The van der Waals surface area contributed by atoms with Crippen LogP contribution in [0.3, 0.4) is 0 Å². The SMILES string of the molecule is CC(=O)NC1CCCN(c2nc(-c3cccc(Cl)c3)nc3c2CCCC3)C1. The summed E-state index contributed by atoms with van der Waals surface area (Å²) in [5, 5.41) is 3.77. The molecule has 6 heteroatoms. The highest BCUT2D eigenvalue weighted by Crippen LogP contribution is 2.32. The van der Waals surface area contributed by atoms with E-state index < -0.39 is 0 Å². The molecular formula is C21H25ClN4O. The third-order valence-corrected chi connectivity index (χ3v) is 5.61. The second-order valence-corrected chi connectivity index (χ2v) is 7.94. The normalized spacial score (nSPS) is 19.5. The van der Waals surface area contributed by atoms with Crippen molar-refractivity contribution in [1.29, 1.82) is 0 Å². The molecule has 0 bridgehead atoms. The standard InChI is InChI=1S/C21H25ClN4O/c1-14(27)23-17-8-5-11-26(13-17)21-18-9-2-3-10-19(18)24-20(25-21)15-6-4-7-16(22)12-15/h4,6-7,12,17H,2-3,5,8-11,13H2,1H3,(H,23,27). The number of fused-ring (bicyclic) bond motifs is 1. The highest BCUT2D eigenvalue weighted by atomic mass is 35.5. The second kappa shape index (κ2) is 7.85. The van der Waals surface area contributed by atoms with E-state index in [1.165, 1.54) is 24.1 Å². The molecule has 0 radical (unpaired) electrons. The van der Waals surface area contributed by atoms with Crippen molar-refractivity contribution in [3.8, 4) is 11.4 Å². The van der Waals surface area contributed by atoms with Gasteiger partial charge in [-0.1, -0.05) is 23.7 Å². The quantitative estimate of drug-likeness (QED) is 0.874. The van der Waals surface area contributed by atoms with E-state index in [9.17, 15) is 4.79 Å². The van der Waals surface area contributed by atoms with Gasteiger partial charge in [-0.2, -0.15) is 0 Å². The van der Waals surface area contributed by atoms with Crippen molar-refractivity contribution in [3.05, 3.63) is 40.5 Å². The second-order valence-electron chi connectivity index (χ2n) is 7.50. The lowest BCUT2D eigenvalue weighted by Crippen LogP contribution is -2.48. The molecule has 1 unspecified atom stereocenters. The van der Waals surface area contributed by atoms with E-state index in [1.54, 1.807) is 6.92 Å². The molecule has 2 aliphatic rings. The van der Waals surface area contributed by atoms with Crippen LogP contribution in [-0.4, -0.2) is 35.0 Å². The van der Waals surface area contributed by atoms with Gasteiger partial charge in [0.05, 0.1) is 0 Å². The van der Waals surface area contributed by atoms with E-state index in [0.29, 0.717) is 5.02 Å². The van der Waals surface area contributed by atoms with E-state index >= 15 is 0 Å². The molecule has 1 amide bonds. The van der Waals surface area contributed by atoms with Crippen molar-refractivity contribution in [1.82, 2.24) is 15.3 Å². The first-order valence-corrected chi connectivity index (χ1v) is 10.2. The third kappa shape index (κ3) is 4.08. The molecular weight excluding hydrogens is 360 g/mol. The van der Waals surface area contributed by atoms with Crippen LogP contribution in [0.2, 0.25) is 5.02 Å². The van der Waals surface area contributed by atoms with Crippen LogP contribution in [0, 0.1) is 0 Å². The van der Waals surface area contributed by atoms with E-state index in [2.05, 4.69) is 10.2 Å². The fourth-order valence-corrected chi connectivity index (χ4v) is 4.36. The minimum absolute atomic E-state index is 0.0335. The molecule has 0 spiro atoms. The molecule has 1 N–H and O–H groups in total. The maximum absolute atomic E-state index is 11.5. The summed E-state index contributed by atoms with van der Waals surface area (Å²) in [5.74, 6) is 1.82. The van der Waals surface area contributed by atoms with Gasteiger partial charge in [0.15, 0.2) is 5.82 Å². The first-order chi connectivity index (χ1) is 13.1. The summed E-state index contributed by atoms with van der Waals surface area (Å²) in [6.45, 7) is 3.36. The number of piperidine rings is 1. The largest absolute Gasteiger partial charge is 0.354 e. The Morgan fingerprint density at radius 3 is 2.89 bits per heavy atom. The Hall–Kier alpha value is -2.14. The molecule has 1 aromatic heterocycles. The molecule has 142 valence electrons. The zero-order chi connectivity index (χ0) is 18.8. The van der Waals surface area contributed by atoms with Crippen LogP contribution in [0.4, 0.5) is 5.82 Å². The molecule has 2 heterocycles. The Balaban J connectivity index is 1.72. The lowest BCUT2D eigenvalue weighted by molar-refractivity contribution is -0.119. The van der Waals surface area contributed by atoms with Crippen LogP contribution in [-0.2, 0) is 17.6 Å². The van der Waals surface area contributed by atoms with E-state index in [0.717, 1.165) is 56.0 Å². The molecule has 1 aliphatic carbocycles. The van der Waals surface area contributed by atoms with Gasteiger partial charge in [-0.25, -0.2) is 9.97 Å². The predicted molar refractivity (Wildman–Crippen MR) is 108 cm³/mol. The maximum atomic E-state index is 11.5. The van der Waals surface area contributed by atoms with Crippen molar-refractivity contribution in [2.75, 3.05) is 18.0 Å². The summed E-state index contributed by atoms with van der Waals surface area (Å²) >= 11 is 6.19. The first kappa shape index (κ1) is 18.2. The Bertz CT molecular complexity index is 854. The highest BCUT2D eigenvalue weighted by Gasteiger charge is 2.27. The smallest absolute Gasteiger partial charge is 0.217 e. The average Bonchev–Trinajstić information content (AvgIpc) is 2.67. The zero-order valence-electron chi connectivity index (χ0n) is 15.7. The third-order valence-electron chi connectivity index (χ3n) is 5.37.